The van der Waals surface area contributed by atoms with Crippen molar-refractivity contribution in [2.24, 2.45) is 0 Å². The first kappa shape index (κ1) is 22.6. The van der Waals surface area contributed by atoms with Crippen LogP contribution in [0.4, 0.5) is 23.4 Å². The smallest absolute Gasteiger partial charge is 0.416 e. The molecule has 1 aromatic heterocycles. The number of hydrogen-bond acceptors (Lipinski definition) is 5. The van der Waals surface area contributed by atoms with Crippen LogP contribution in [0.5, 0.6) is 17.4 Å². The van der Waals surface area contributed by atoms with Crippen molar-refractivity contribution in [2.75, 3.05) is 11.9 Å². The fourth-order valence-electron chi connectivity index (χ4n) is 3.50. The molecule has 0 unspecified atom stereocenters. The number of alkyl halides is 3. The summed E-state index contributed by atoms with van der Waals surface area (Å²) in [5, 5.41) is 0. The first-order valence-electron chi connectivity index (χ1n) is 10.2. The number of fused-ring (bicyclic) bond motifs is 1. The molecule has 0 bridgehead atoms. The first-order chi connectivity index (χ1) is 15.6. The summed E-state index contributed by atoms with van der Waals surface area (Å²) in [6.07, 6.45) is -3.62. The molecular formula is C23H21F4N3O3. The van der Waals surface area contributed by atoms with Gasteiger partial charge in [-0.3, -0.25) is 4.57 Å². The van der Waals surface area contributed by atoms with Crippen molar-refractivity contribution in [3.63, 3.8) is 0 Å². The molecule has 3 aromatic rings. The van der Waals surface area contributed by atoms with Crippen molar-refractivity contribution >= 4 is 5.82 Å². The molecule has 0 aliphatic carbocycles. The van der Waals surface area contributed by atoms with Crippen LogP contribution in [0.2, 0.25) is 0 Å². The second-order valence-corrected chi connectivity index (χ2v) is 7.81. The molecule has 0 spiro atoms. The Morgan fingerprint density at radius 1 is 1.12 bits per heavy atom. The van der Waals surface area contributed by atoms with E-state index in [9.17, 15) is 22.4 Å². The van der Waals surface area contributed by atoms with Crippen LogP contribution < -0.4 is 20.1 Å². The van der Waals surface area contributed by atoms with E-state index in [-0.39, 0.29) is 30.0 Å². The number of benzene rings is 2. The first-order valence-corrected chi connectivity index (χ1v) is 10.2. The predicted octanol–water partition coefficient (Wildman–Crippen LogP) is 5.00. The third-order valence-corrected chi connectivity index (χ3v) is 5.55. The Hall–Kier alpha value is -3.56. The van der Waals surface area contributed by atoms with Crippen LogP contribution >= 0.6 is 0 Å². The van der Waals surface area contributed by atoms with E-state index < -0.39 is 23.2 Å². The summed E-state index contributed by atoms with van der Waals surface area (Å²) >= 11 is 0. The molecule has 2 heterocycles. The fourth-order valence-corrected chi connectivity index (χ4v) is 3.50. The minimum Gasteiger partial charge on any atom is -0.473 e. The molecule has 174 valence electrons. The Balaban J connectivity index is 1.44. The molecule has 1 aliphatic rings. The van der Waals surface area contributed by atoms with E-state index in [1.165, 1.54) is 12.1 Å². The van der Waals surface area contributed by atoms with E-state index in [4.69, 9.17) is 9.47 Å². The largest absolute Gasteiger partial charge is 0.473 e. The molecule has 2 aromatic carbocycles. The lowest BCUT2D eigenvalue weighted by molar-refractivity contribution is -0.137. The standard InChI is InChI=1S/C23H21F4N3O3/c1-14-9-10-30-21(29(14)2)12-20(28-22(30)31)32-13-15-3-8-19(18(24)11-15)33-17-6-4-16(5-7-17)23(25,26)27/h3-8,11-12,14H,9-10,13H2,1-2H3/t14-/m0/s1. The number of anilines is 1. The molecule has 0 fully saturated rings. The Labute approximate surface area is 187 Å². The van der Waals surface area contributed by atoms with Gasteiger partial charge in [0.05, 0.1) is 5.56 Å². The van der Waals surface area contributed by atoms with Crippen molar-refractivity contribution < 1.29 is 27.0 Å². The average Bonchev–Trinajstić information content (AvgIpc) is 2.76. The fraction of sp³-hybridized carbons (Fsp3) is 0.304. The summed E-state index contributed by atoms with van der Waals surface area (Å²) in [5.41, 5.74) is -0.764. The monoisotopic (exact) mass is 463 g/mol. The summed E-state index contributed by atoms with van der Waals surface area (Å²) in [5.74, 6) is 0.0678. The molecule has 4 rings (SSSR count). The Kier molecular flexibility index (Phi) is 6.01. The molecule has 0 radical (unpaired) electrons. The van der Waals surface area contributed by atoms with Gasteiger partial charge in [-0.2, -0.15) is 18.2 Å². The van der Waals surface area contributed by atoms with Gasteiger partial charge in [0.2, 0.25) is 5.88 Å². The highest BCUT2D eigenvalue weighted by atomic mass is 19.4. The van der Waals surface area contributed by atoms with Gasteiger partial charge < -0.3 is 14.4 Å². The van der Waals surface area contributed by atoms with E-state index in [0.717, 1.165) is 30.7 Å². The summed E-state index contributed by atoms with van der Waals surface area (Å²) in [4.78, 5) is 18.2. The Bertz CT molecular complexity index is 1210. The topological polar surface area (TPSA) is 56.6 Å². The van der Waals surface area contributed by atoms with Crippen molar-refractivity contribution in [2.45, 2.75) is 38.7 Å². The van der Waals surface area contributed by atoms with Gasteiger partial charge in [-0.05, 0) is 55.3 Å². The maximum Gasteiger partial charge on any atom is 0.416 e. The van der Waals surface area contributed by atoms with Crippen LogP contribution in [-0.4, -0.2) is 22.6 Å². The van der Waals surface area contributed by atoms with Gasteiger partial charge in [-0.15, -0.1) is 0 Å². The zero-order valence-electron chi connectivity index (χ0n) is 17.9. The van der Waals surface area contributed by atoms with Crippen molar-refractivity contribution in [1.29, 1.82) is 0 Å². The summed E-state index contributed by atoms with van der Waals surface area (Å²) in [6, 6.07) is 10.0. The normalized spacial score (nSPS) is 15.8. The predicted molar refractivity (Wildman–Crippen MR) is 113 cm³/mol. The van der Waals surface area contributed by atoms with Gasteiger partial charge in [0, 0.05) is 25.7 Å². The lowest BCUT2D eigenvalue weighted by Gasteiger charge is -2.34. The van der Waals surface area contributed by atoms with Gasteiger partial charge in [0.1, 0.15) is 18.2 Å². The third kappa shape index (κ3) is 4.94. The molecule has 1 atom stereocenters. The Morgan fingerprint density at radius 3 is 2.52 bits per heavy atom. The molecule has 33 heavy (non-hydrogen) atoms. The molecule has 0 saturated carbocycles. The highest BCUT2D eigenvalue weighted by molar-refractivity contribution is 5.44. The van der Waals surface area contributed by atoms with E-state index in [2.05, 4.69) is 11.9 Å². The molecular weight excluding hydrogens is 442 g/mol. The van der Waals surface area contributed by atoms with Crippen molar-refractivity contribution in [3.8, 4) is 17.4 Å². The maximum atomic E-state index is 14.5. The summed E-state index contributed by atoms with van der Waals surface area (Å²) < 4.78 is 65.0. The number of rotatable bonds is 5. The SMILES string of the molecule is C[C@H]1CCn2c(cc(OCc3ccc(Oc4ccc(C(F)(F)F)cc4)c(F)c3)nc2=O)N1C. The molecule has 1 aliphatic heterocycles. The van der Waals surface area contributed by atoms with E-state index >= 15 is 0 Å². The molecule has 0 saturated heterocycles. The van der Waals surface area contributed by atoms with Crippen LogP contribution in [0.1, 0.15) is 24.5 Å². The van der Waals surface area contributed by atoms with Crippen LogP contribution in [0.3, 0.4) is 0 Å². The minimum absolute atomic E-state index is 0.0351. The van der Waals surface area contributed by atoms with Crippen LogP contribution in [0.25, 0.3) is 0 Å². The highest BCUT2D eigenvalue weighted by Crippen LogP contribution is 2.32. The molecule has 0 N–H and O–H groups in total. The lowest BCUT2D eigenvalue weighted by atomic mass is 10.1. The Morgan fingerprint density at radius 2 is 1.85 bits per heavy atom. The summed E-state index contributed by atoms with van der Waals surface area (Å²) in [7, 11) is 1.89. The quantitative estimate of drug-likeness (QED) is 0.499. The zero-order chi connectivity index (χ0) is 23.8. The highest BCUT2D eigenvalue weighted by Gasteiger charge is 2.30. The number of aromatic nitrogens is 2. The van der Waals surface area contributed by atoms with Crippen molar-refractivity contribution in [3.05, 3.63) is 76.0 Å². The number of ether oxygens (including phenoxy) is 2. The second-order valence-electron chi connectivity index (χ2n) is 7.81. The molecule has 6 nitrogen and oxygen atoms in total. The van der Waals surface area contributed by atoms with Gasteiger partial charge in [0.15, 0.2) is 11.6 Å². The van der Waals surface area contributed by atoms with E-state index in [1.54, 1.807) is 16.7 Å². The van der Waals surface area contributed by atoms with Gasteiger partial charge in [0.25, 0.3) is 0 Å². The number of hydrogen-bond donors (Lipinski definition) is 0. The van der Waals surface area contributed by atoms with E-state index in [0.29, 0.717) is 17.9 Å². The van der Waals surface area contributed by atoms with Crippen LogP contribution in [0, 0.1) is 5.82 Å². The van der Waals surface area contributed by atoms with Crippen LogP contribution in [0.15, 0.2) is 53.3 Å². The average molecular weight is 463 g/mol. The zero-order valence-corrected chi connectivity index (χ0v) is 17.9. The second kappa shape index (κ2) is 8.76. The molecule has 0 amide bonds. The van der Waals surface area contributed by atoms with Gasteiger partial charge in [-0.25, -0.2) is 9.18 Å². The maximum absolute atomic E-state index is 14.5. The van der Waals surface area contributed by atoms with Crippen molar-refractivity contribution in [1.82, 2.24) is 9.55 Å². The number of halogens is 4. The third-order valence-electron chi connectivity index (χ3n) is 5.55. The van der Waals surface area contributed by atoms with Gasteiger partial charge >= 0.3 is 11.9 Å². The number of nitrogens with zero attached hydrogens (tertiary/aromatic N) is 3. The van der Waals surface area contributed by atoms with Crippen LogP contribution in [-0.2, 0) is 19.3 Å². The minimum atomic E-state index is -4.46. The lowest BCUT2D eigenvalue weighted by Crippen LogP contribution is -2.41. The van der Waals surface area contributed by atoms with E-state index in [1.807, 2.05) is 11.9 Å². The molecule has 10 heteroatoms. The summed E-state index contributed by atoms with van der Waals surface area (Å²) in [6.45, 7) is 2.61. The van der Waals surface area contributed by atoms with Gasteiger partial charge in [-0.1, -0.05) is 6.07 Å².